The summed E-state index contributed by atoms with van der Waals surface area (Å²) < 4.78 is 6.26. The molecule has 1 aliphatic carbocycles. The van der Waals surface area contributed by atoms with E-state index in [9.17, 15) is 0 Å². The Bertz CT molecular complexity index is 252. The van der Waals surface area contributed by atoms with Gasteiger partial charge in [0.25, 0.3) is 0 Å². The molecule has 3 atom stereocenters. The number of hydrogen-bond acceptors (Lipinski definition) is 2. The molecule has 2 nitrogen and oxygen atoms in total. The summed E-state index contributed by atoms with van der Waals surface area (Å²) in [6, 6.07) is 0.620. The predicted molar refractivity (Wildman–Crippen MR) is 92.7 cm³/mol. The number of hydrogen-bond donors (Lipinski definition) is 1. The van der Waals surface area contributed by atoms with Gasteiger partial charge in [0.1, 0.15) is 0 Å². The quantitative estimate of drug-likeness (QED) is 0.571. The van der Waals surface area contributed by atoms with Crippen LogP contribution in [0.1, 0.15) is 79.6 Å². The van der Waals surface area contributed by atoms with Gasteiger partial charge in [0, 0.05) is 12.6 Å². The summed E-state index contributed by atoms with van der Waals surface area (Å²) >= 11 is 0. The van der Waals surface area contributed by atoms with Crippen LogP contribution < -0.4 is 5.32 Å². The van der Waals surface area contributed by atoms with Crippen LogP contribution in [0.4, 0.5) is 0 Å². The molecule has 0 saturated heterocycles. The second kappa shape index (κ2) is 10.6. The molecule has 2 heteroatoms. The van der Waals surface area contributed by atoms with E-state index in [1.54, 1.807) is 0 Å². The van der Waals surface area contributed by atoms with E-state index < -0.39 is 0 Å². The standard InChI is InChI=1S/C19H39NO/c1-15(2)18-11-10-17(5)14-19(18)21-13-9-7-6-8-12-20-16(3)4/h15-20H,6-14H2,1-5H3. The SMILES string of the molecule is CC1CCC(C(C)C)C(OCCCCCCNC(C)C)C1. The third-order valence-electron chi connectivity index (χ3n) is 4.92. The summed E-state index contributed by atoms with van der Waals surface area (Å²) in [6.07, 6.45) is 9.74. The van der Waals surface area contributed by atoms with E-state index in [1.807, 2.05) is 0 Å². The summed E-state index contributed by atoms with van der Waals surface area (Å²) in [5.41, 5.74) is 0. The van der Waals surface area contributed by atoms with Gasteiger partial charge in [0.15, 0.2) is 0 Å². The Hall–Kier alpha value is -0.0800. The molecule has 1 rings (SSSR count). The molecule has 21 heavy (non-hydrogen) atoms. The average molecular weight is 298 g/mol. The van der Waals surface area contributed by atoms with Crippen molar-refractivity contribution >= 4 is 0 Å². The third kappa shape index (κ3) is 8.21. The predicted octanol–water partition coefficient (Wildman–Crippen LogP) is 5.02. The van der Waals surface area contributed by atoms with Gasteiger partial charge in [0.05, 0.1) is 6.10 Å². The average Bonchev–Trinajstić information content (AvgIpc) is 2.41. The molecule has 0 heterocycles. The first-order valence-corrected chi connectivity index (χ1v) is 9.35. The number of rotatable bonds is 10. The molecule has 1 saturated carbocycles. The van der Waals surface area contributed by atoms with Crippen LogP contribution in [0.15, 0.2) is 0 Å². The fourth-order valence-corrected chi connectivity index (χ4v) is 3.51. The molecule has 0 amide bonds. The van der Waals surface area contributed by atoms with E-state index in [-0.39, 0.29) is 0 Å². The summed E-state index contributed by atoms with van der Waals surface area (Å²) in [5.74, 6) is 2.41. The fourth-order valence-electron chi connectivity index (χ4n) is 3.51. The van der Waals surface area contributed by atoms with E-state index in [1.165, 1.54) is 44.9 Å². The zero-order valence-electron chi connectivity index (χ0n) is 15.2. The maximum absolute atomic E-state index is 6.26. The van der Waals surface area contributed by atoms with Crippen LogP contribution >= 0.6 is 0 Å². The zero-order chi connectivity index (χ0) is 15.7. The van der Waals surface area contributed by atoms with Crippen molar-refractivity contribution in [2.24, 2.45) is 17.8 Å². The monoisotopic (exact) mass is 297 g/mol. The smallest absolute Gasteiger partial charge is 0.0608 e. The summed E-state index contributed by atoms with van der Waals surface area (Å²) in [7, 11) is 0. The second-order valence-corrected chi connectivity index (χ2v) is 7.76. The van der Waals surface area contributed by atoms with E-state index >= 15 is 0 Å². The molecule has 0 radical (unpaired) electrons. The first kappa shape index (κ1) is 19.0. The molecule has 0 bridgehead atoms. The molecule has 126 valence electrons. The first-order valence-electron chi connectivity index (χ1n) is 9.35. The van der Waals surface area contributed by atoms with Crippen LogP contribution in [-0.2, 0) is 4.74 Å². The van der Waals surface area contributed by atoms with E-state index in [4.69, 9.17) is 4.74 Å². The maximum atomic E-state index is 6.26. The molecule has 0 aliphatic heterocycles. The molecule has 3 unspecified atom stereocenters. The minimum absolute atomic E-state index is 0.524. The van der Waals surface area contributed by atoms with Gasteiger partial charge in [-0.2, -0.15) is 0 Å². The maximum Gasteiger partial charge on any atom is 0.0608 e. The van der Waals surface area contributed by atoms with Gasteiger partial charge in [-0.05, 0) is 50.0 Å². The van der Waals surface area contributed by atoms with Gasteiger partial charge in [0.2, 0.25) is 0 Å². The Morgan fingerprint density at radius 1 is 1.00 bits per heavy atom. The molecule has 0 spiro atoms. The third-order valence-corrected chi connectivity index (χ3v) is 4.92. The molecule has 0 aromatic heterocycles. The van der Waals surface area contributed by atoms with E-state index in [0.717, 1.165) is 30.9 Å². The summed E-state index contributed by atoms with van der Waals surface area (Å²) in [5, 5.41) is 3.48. The number of nitrogens with one attached hydrogen (secondary N) is 1. The molecular formula is C19H39NO. The summed E-state index contributed by atoms with van der Waals surface area (Å²) in [4.78, 5) is 0. The van der Waals surface area contributed by atoms with Crippen molar-refractivity contribution in [1.29, 1.82) is 0 Å². The lowest BCUT2D eigenvalue weighted by Gasteiger charge is -2.37. The minimum atomic E-state index is 0.524. The van der Waals surface area contributed by atoms with Crippen molar-refractivity contribution in [3.63, 3.8) is 0 Å². The largest absolute Gasteiger partial charge is 0.378 e. The molecule has 0 aromatic rings. The van der Waals surface area contributed by atoms with Crippen LogP contribution in [0.5, 0.6) is 0 Å². The van der Waals surface area contributed by atoms with Gasteiger partial charge >= 0.3 is 0 Å². The van der Waals surface area contributed by atoms with Gasteiger partial charge in [-0.1, -0.05) is 53.9 Å². The molecule has 1 fully saturated rings. The van der Waals surface area contributed by atoms with Crippen LogP contribution in [0.3, 0.4) is 0 Å². The Labute approximate surface area is 133 Å². The van der Waals surface area contributed by atoms with Crippen molar-refractivity contribution in [3.8, 4) is 0 Å². The molecular weight excluding hydrogens is 258 g/mol. The highest BCUT2D eigenvalue weighted by molar-refractivity contribution is 4.81. The highest BCUT2D eigenvalue weighted by Crippen LogP contribution is 2.35. The normalized spacial score (nSPS) is 26.7. The first-order chi connectivity index (χ1) is 10.0. The second-order valence-electron chi connectivity index (χ2n) is 7.76. The highest BCUT2D eigenvalue weighted by atomic mass is 16.5. The van der Waals surface area contributed by atoms with E-state index in [0.29, 0.717) is 12.1 Å². The summed E-state index contributed by atoms with van der Waals surface area (Å²) in [6.45, 7) is 13.7. The van der Waals surface area contributed by atoms with Crippen molar-refractivity contribution in [3.05, 3.63) is 0 Å². The van der Waals surface area contributed by atoms with Gasteiger partial charge < -0.3 is 10.1 Å². The Morgan fingerprint density at radius 3 is 2.38 bits per heavy atom. The molecule has 0 aromatic carbocycles. The topological polar surface area (TPSA) is 21.3 Å². The highest BCUT2D eigenvalue weighted by Gasteiger charge is 2.31. The molecule has 1 N–H and O–H groups in total. The lowest BCUT2D eigenvalue weighted by atomic mass is 9.75. The van der Waals surface area contributed by atoms with Gasteiger partial charge in [-0.25, -0.2) is 0 Å². The fraction of sp³-hybridized carbons (Fsp3) is 1.00. The Kier molecular flexibility index (Phi) is 9.59. The van der Waals surface area contributed by atoms with Crippen LogP contribution in [0.25, 0.3) is 0 Å². The Morgan fingerprint density at radius 2 is 1.71 bits per heavy atom. The van der Waals surface area contributed by atoms with Gasteiger partial charge in [-0.3, -0.25) is 0 Å². The minimum Gasteiger partial charge on any atom is -0.378 e. The van der Waals surface area contributed by atoms with Gasteiger partial charge in [-0.15, -0.1) is 0 Å². The lowest BCUT2D eigenvalue weighted by molar-refractivity contribution is -0.0394. The lowest BCUT2D eigenvalue weighted by Crippen LogP contribution is -2.34. The van der Waals surface area contributed by atoms with Crippen LogP contribution in [0, 0.1) is 17.8 Å². The number of unbranched alkanes of at least 4 members (excludes halogenated alkanes) is 3. The number of ether oxygens (including phenoxy) is 1. The van der Waals surface area contributed by atoms with Crippen LogP contribution in [-0.4, -0.2) is 25.3 Å². The zero-order valence-corrected chi connectivity index (χ0v) is 15.2. The van der Waals surface area contributed by atoms with Crippen LogP contribution in [0.2, 0.25) is 0 Å². The van der Waals surface area contributed by atoms with Crippen molar-refractivity contribution in [2.45, 2.75) is 91.7 Å². The van der Waals surface area contributed by atoms with Crippen molar-refractivity contribution < 1.29 is 4.74 Å². The van der Waals surface area contributed by atoms with Crippen molar-refractivity contribution in [1.82, 2.24) is 5.32 Å². The molecule has 1 aliphatic rings. The Balaban J connectivity index is 2.07. The van der Waals surface area contributed by atoms with E-state index in [2.05, 4.69) is 39.9 Å². The van der Waals surface area contributed by atoms with Crippen molar-refractivity contribution in [2.75, 3.05) is 13.2 Å².